The molecule has 0 aliphatic carbocycles. The summed E-state index contributed by atoms with van der Waals surface area (Å²) in [4.78, 5) is 17.3. The van der Waals surface area contributed by atoms with Crippen LogP contribution in [0.4, 0.5) is 14.5 Å². The lowest BCUT2D eigenvalue weighted by molar-refractivity contribution is -0.0494. The lowest BCUT2D eigenvalue weighted by Gasteiger charge is -2.13. The van der Waals surface area contributed by atoms with Crippen LogP contribution < -0.4 is 14.8 Å². The number of amides is 1. The normalized spacial score (nSPS) is 12.2. The number of aliphatic hydroxyl groups excluding tert-OH is 1. The highest BCUT2D eigenvalue weighted by molar-refractivity contribution is 6.09. The molecule has 38 heavy (non-hydrogen) atoms. The molecule has 14 heteroatoms. The van der Waals surface area contributed by atoms with Crippen LogP contribution in [0.25, 0.3) is 16.9 Å². The van der Waals surface area contributed by atoms with Gasteiger partial charge in [0.25, 0.3) is 5.91 Å². The van der Waals surface area contributed by atoms with Crippen LogP contribution >= 0.6 is 0 Å². The monoisotopic (exact) mass is 524 g/mol. The van der Waals surface area contributed by atoms with Crippen LogP contribution in [-0.4, -0.2) is 57.9 Å². The molecule has 0 fully saturated rings. The van der Waals surface area contributed by atoms with E-state index in [2.05, 4.69) is 25.6 Å². The van der Waals surface area contributed by atoms with Crippen molar-refractivity contribution in [2.45, 2.75) is 26.2 Å². The predicted octanol–water partition coefficient (Wildman–Crippen LogP) is 3.35. The number of anilines is 1. The van der Waals surface area contributed by atoms with E-state index in [1.54, 1.807) is 32.4 Å². The Morgan fingerprint density at radius 2 is 2.03 bits per heavy atom. The summed E-state index contributed by atoms with van der Waals surface area (Å²) < 4.78 is 41.4. The molecule has 5 aromatic rings. The molecule has 0 spiro atoms. The molecule has 0 aliphatic heterocycles. The van der Waals surface area contributed by atoms with Crippen LogP contribution in [0.5, 0.6) is 17.2 Å². The number of benzene rings is 1. The van der Waals surface area contributed by atoms with Gasteiger partial charge >= 0.3 is 6.61 Å². The maximum Gasteiger partial charge on any atom is 0.387 e. The van der Waals surface area contributed by atoms with Crippen molar-refractivity contribution in [1.82, 2.24) is 34.2 Å². The van der Waals surface area contributed by atoms with E-state index in [4.69, 9.17) is 9.47 Å². The molecule has 196 valence electrons. The zero-order valence-corrected chi connectivity index (χ0v) is 20.2. The van der Waals surface area contributed by atoms with Crippen molar-refractivity contribution in [3.8, 4) is 28.5 Å². The highest BCUT2D eigenvalue weighted by Crippen LogP contribution is 2.38. The van der Waals surface area contributed by atoms with E-state index >= 15 is 0 Å². The van der Waals surface area contributed by atoms with Gasteiger partial charge in [-0.2, -0.15) is 24.1 Å². The minimum Gasteiger partial charge on any atom is -0.454 e. The molecular weight excluding hydrogens is 502 g/mol. The van der Waals surface area contributed by atoms with Gasteiger partial charge in [0.15, 0.2) is 11.4 Å². The van der Waals surface area contributed by atoms with Crippen molar-refractivity contribution in [3.05, 3.63) is 67.0 Å². The fourth-order valence-electron chi connectivity index (χ4n) is 3.82. The van der Waals surface area contributed by atoms with E-state index < -0.39 is 18.6 Å². The Labute approximate surface area is 214 Å². The Kier molecular flexibility index (Phi) is 6.70. The highest BCUT2D eigenvalue weighted by atomic mass is 19.3. The number of carbonyl (C=O) groups is 1. The summed E-state index contributed by atoms with van der Waals surface area (Å²) >= 11 is 0. The Balaban J connectivity index is 1.48. The fourth-order valence-corrected chi connectivity index (χ4v) is 3.82. The smallest absolute Gasteiger partial charge is 0.387 e. The zero-order chi connectivity index (χ0) is 26.8. The van der Waals surface area contributed by atoms with E-state index in [0.29, 0.717) is 11.4 Å². The fraction of sp³-hybridized carbons (Fsp3) is 0.208. The number of aliphatic hydroxyl groups is 1. The number of halogens is 2. The molecule has 0 saturated heterocycles. The van der Waals surface area contributed by atoms with Gasteiger partial charge in [-0.3, -0.25) is 14.2 Å². The third kappa shape index (κ3) is 5.29. The van der Waals surface area contributed by atoms with Crippen LogP contribution in [-0.2, 0) is 13.6 Å². The van der Waals surface area contributed by atoms with Gasteiger partial charge in [-0.1, -0.05) is 0 Å². The number of aryl methyl sites for hydroxylation is 1. The Hall–Kier alpha value is -4.85. The van der Waals surface area contributed by atoms with Crippen LogP contribution in [0, 0.1) is 0 Å². The Morgan fingerprint density at radius 3 is 2.82 bits per heavy atom. The third-order valence-corrected chi connectivity index (χ3v) is 5.32. The maximum atomic E-state index is 13.2. The molecule has 1 atom stereocenters. The first-order chi connectivity index (χ1) is 18.3. The van der Waals surface area contributed by atoms with Gasteiger partial charge in [-0.05, 0) is 31.2 Å². The van der Waals surface area contributed by atoms with Gasteiger partial charge in [-0.25, -0.2) is 9.50 Å². The summed E-state index contributed by atoms with van der Waals surface area (Å²) in [5.74, 6) is -0.0200. The average molecular weight is 524 g/mol. The first kappa shape index (κ1) is 24.8. The second-order valence-electron chi connectivity index (χ2n) is 8.35. The van der Waals surface area contributed by atoms with Gasteiger partial charge in [0.05, 0.1) is 42.5 Å². The number of hydrogen-bond acceptors (Lipinski definition) is 8. The molecule has 12 nitrogen and oxygen atoms in total. The van der Waals surface area contributed by atoms with Crippen molar-refractivity contribution in [2.24, 2.45) is 7.05 Å². The first-order valence-electron chi connectivity index (χ1n) is 11.4. The number of alkyl halides is 2. The SMILES string of the molecule is C[C@@H](O)Cn1cc(Oc2ccc(OC(F)F)c(-c3nn(C)cc3NC(=O)c3cnn4cccnc34)c2)cn1. The molecule has 0 radical (unpaired) electrons. The molecule has 1 aromatic carbocycles. The van der Waals surface area contributed by atoms with Crippen LogP contribution in [0.1, 0.15) is 17.3 Å². The van der Waals surface area contributed by atoms with Crippen LogP contribution in [0.3, 0.4) is 0 Å². The molecular formula is C24H22F2N8O4. The number of carbonyl (C=O) groups excluding carboxylic acids is 1. The lowest BCUT2D eigenvalue weighted by Crippen LogP contribution is -2.12. The highest BCUT2D eigenvalue weighted by Gasteiger charge is 2.22. The standard InChI is InChI=1S/C24H22F2N8O4/c1-14(35)11-33-12-16(9-28-33)37-15-4-5-20(38-24(25)26)17(8-15)21-19(13-32(2)31-21)30-23(36)18-10-29-34-7-3-6-27-22(18)34/h3-10,12-14,24,35H,11H2,1-2H3,(H,30,36)/t14-/m1/s1. The zero-order valence-electron chi connectivity index (χ0n) is 20.2. The van der Waals surface area contributed by atoms with Crippen LogP contribution in [0.2, 0.25) is 0 Å². The van der Waals surface area contributed by atoms with Crippen molar-refractivity contribution >= 4 is 17.2 Å². The van der Waals surface area contributed by atoms with E-state index in [1.165, 1.54) is 56.9 Å². The third-order valence-electron chi connectivity index (χ3n) is 5.32. The second kappa shape index (κ2) is 10.3. The number of rotatable bonds is 9. The number of aromatic nitrogens is 7. The Bertz CT molecular complexity index is 1590. The number of hydrogen-bond donors (Lipinski definition) is 2. The van der Waals surface area contributed by atoms with Gasteiger partial charge in [0, 0.05) is 25.6 Å². The van der Waals surface area contributed by atoms with E-state index in [-0.39, 0.29) is 40.6 Å². The van der Waals surface area contributed by atoms with E-state index in [0.717, 1.165) is 0 Å². The van der Waals surface area contributed by atoms with Gasteiger partial charge in [0.1, 0.15) is 22.8 Å². The summed E-state index contributed by atoms with van der Waals surface area (Å²) in [7, 11) is 1.63. The van der Waals surface area contributed by atoms with Gasteiger partial charge in [0.2, 0.25) is 0 Å². The first-order valence-corrected chi connectivity index (χ1v) is 11.4. The number of fused-ring (bicyclic) bond motifs is 1. The summed E-state index contributed by atoms with van der Waals surface area (Å²) in [5, 5.41) is 24.9. The van der Waals surface area contributed by atoms with E-state index in [1.807, 2.05) is 0 Å². The van der Waals surface area contributed by atoms with Crippen molar-refractivity contribution in [3.63, 3.8) is 0 Å². The summed E-state index contributed by atoms with van der Waals surface area (Å²) in [5.41, 5.74) is 1.15. The molecule has 0 bridgehead atoms. The second-order valence-corrected chi connectivity index (χ2v) is 8.35. The largest absolute Gasteiger partial charge is 0.454 e. The van der Waals surface area contributed by atoms with Crippen LogP contribution in [0.15, 0.2) is 61.4 Å². The molecule has 0 aliphatic rings. The predicted molar refractivity (Wildman–Crippen MR) is 130 cm³/mol. The minimum atomic E-state index is -3.09. The summed E-state index contributed by atoms with van der Waals surface area (Å²) in [6, 6.07) is 5.93. The summed E-state index contributed by atoms with van der Waals surface area (Å²) in [6.45, 7) is -1.19. The van der Waals surface area contributed by atoms with Crippen molar-refractivity contribution < 1.29 is 28.2 Å². The molecule has 2 N–H and O–H groups in total. The molecule has 4 aromatic heterocycles. The number of ether oxygens (including phenoxy) is 2. The molecule has 5 rings (SSSR count). The number of nitrogens with zero attached hydrogens (tertiary/aromatic N) is 7. The van der Waals surface area contributed by atoms with Crippen molar-refractivity contribution in [2.75, 3.05) is 5.32 Å². The summed E-state index contributed by atoms with van der Waals surface area (Å²) in [6.07, 6.45) is 8.56. The molecule has 0 unspecified atom stereocenters. The minimum absolute atomic E-state index is 0.160. The molecule has 4 heterocycles. The van der Waals surface area contributed by atoms with Gasteiger partial charge in [-0.15, -0.1) is 0 Å². The molecule has 0 saturated carbocycles. The van der Waals surface area contributed by atoms with Gasteiger partial charge < -0.3 is 19.9 Å². The van der Waals surface area contributed by atoms with E-state index in [9.17, 15) is 18.7 Å². The average Bonchev–Trinajstić information content (AvgIpc) is 3.58. The lowest BCUT2D eigenvalue weighted by atomic mass is 10.1. The topological polar surface area (TPSA) is 134 Å². The quantitative estimate of drug-likeness (QED) is 0.300. The maximum absolute atomic E-state index is 13.2. The van der Waals surface area contributed by atoms with Crippen molar-refractivity contribution in [1.29, 1.82) is 0 Å². The molecule has 1 amide bonds. The number of nitrogens with one attached hydrogen (secondary N) is 1. The Morgan fingerprint density at radius 1 is 1.18 bits per heavy atom.